The number of anilines is 1. The van der Waals surface area contributed by atoms with Gasteiger partial charge in [-0.15, -0.1) is 0 Å². The zero-order chi connectivity index (χ0) is 11.8. The number of fused-ring (bicyclic) bond motifs is 2. The van der Waals surface area contributed by atoms with E-state index >= 15 is 0 Å². The lowest BCUT2D eigenvalue weighted by Gasteiger charge is -2.25. The van der Waals surface area contributed by atoms with Crippen LogP contribution in [0.1, 0.15) is 31.4 Å². The van der Waals surface area contributed by atoms with Crippen LogP contribution in [0.25, 0.3) is 0 Å². The number of nitrogens with one attached hydrogen (secondary N) is 1. The average molecular weight is 232 g/mol. The van der Waals surface area contributed by atoms with Crippen LogP contribution in [0.5, 0.6) is 5.75 Å². The van der Waals surface area contributed by atoms with Gasteiger partial charge in [0.2, 0.25) is 0 Å². The molecule has 2 fully saturated rings. The Labute approximate surface area is 103 Å². The molecular formula is C14H20N2O. The molecule has 3 nitrogen and oxygen atoms in total. The first-order valence-corrected chi connectivity index (χ1v) is 6.53. The Morgan fingerprint density at radius 2 is 2.24 bits per heavy atom. The molecule has 1 aromatic rings. The molecule has 1 aromatic heterocycles. The molecule has 3 heteroatoms. The first-order valence-electron chi connectivity index (χ1n) is 6.53. The van der Waals surface area contributed by atoms with Crippen molar-refractivity contribution in [1.29, 1.82) is 0 Å². The van der Waals surface area contributed by atoms with Gasteiger partial charge in [-0.05, 0) is 44.1 Å². The van der Waals surface area contributed by atoms with Crippen molar-refractivity contribution < 1.29 is 4.74 Å². The van der Waals surface area contributed by atoms with Gasteiger partial charge in [-0.1, -0.05) is 6.42 Å². The summed E-state index contributed by atoms with van der Waals surface area (Å²) in [5, 5.41) is 3.67. The normalized spacial score (nSPS) is 30.6. The molecule has 0 spiro atoms. The van der Waals surface area contributed by atoms with Crippen molar-refractivity contribution in [1.82, 2.24) is 4.98 Å². The Morgan fingerprint density at radius 3 is 2.88 bits per heavy atom. The molecule has 2 saturated carbocycles. The van der Waals surface area contributed by atoms with Crippen molar-refractivity contribution in [3.05, 3.63) is 18.0 Å². The van der Waals surface area contributed by atoms with Crippen molar-refractivity contribution in [3.8, 4) is 5.75 Å². The number of hydrogen-bond donors (Lipinski definition) is 1. The minimum atomic E-state index is 0.643. The second kappa shape index (κ2) is 4.21. The maximum Gasteiger partial charge on any atom is 0.160 e. The highest BCUT2D eigenvalue weighted by atomic mass is 16.5. The Bertz CT molecular complexity index is 419. The summed E-state index contributed by atoms with van der Waals surface area (Å²) >= 11 is 0. The summed E-state index contributed by atoms with van der Waals surface area (Å²) in [6.45, 7) is 2.02. The van der Waals surface area contributed by atoms with Crippen LogP contribution in [0.4, 0.5) is 5.69 Å². The van der Waals surface area contributed by atoms with Crippen LogP contribution in [0.2, 0.25) is 0 Å². The Morgan fingerprint density at radius 1 is 1.35 bits per heavy atom. The zero-order valence-electron chi connectivity index (χ0n) is 10.6. The molecule has 3 atom stereocenters. The summed E-state index contributed by atoms with van der Waals surface area (Å²) in [7, 11) is 1.71. The van der Waals surface area contributed by atoms with Gasteiger partial charge in [-0.3, -0.25) is 4.98 Å². The highest BCUT2D eigenvalue weighted by Gasteiger charge is 2.39. The van der Waals surface area contributed by atoms with E-state index in [9.17, 15) is 0 Å². The summed E-state index contributed by atoms with van der Waals surface area (Å²) < 4.78 is 5.37. The summed E-state index contributed by atoms with van der Waals surface area (Å²) in [6, 6.07) is 2.73. The van der Waals surface area contributed by atoms with Crippen LogP contribution in [0, 0.1) is 18.8 Å². The molecule has 2 aliphatic rings. The number of hydrogen-bond acceptors (Lipinski definition) is 3. The molecule has 0 saturated heterocycles. The number of methoxy groups -OCH3 is 1. The molecule has 17 heavy (non-hydrogen) atoms. The van der Waals surface area contributed by atoms with Crippen LogP contribution >= 0.6 is 0 Å². The predicted octanol–water partition coefficient (Wildman–Crippen LogP) is 3.00. The third-order valence-electron chi connectivity index (χ3n) is 4.30. The fourth-order valence-electron chi connectivity index (χ4n) is 3.44. The van der Waals surface area contributed by atoms with E-state index in [1.807, 2.05) is 13.1 Å². The molecule has 0 radical (unpaired) electrons. The smallest absolute Gasteiger partial charge is 0.160 e. The lowest BCUT2D eigenvalue weighted by molar-refractivity contribution is 0.408. The van der Waals surface area contributed by atoms with Gasteiger partial charge in [0, 0.05) is 11.7 Å². The molecule has 0 amide bonds. The molecular weight excluding hydrogens is 212 g/mol. The highest BCUT2D eigenvalue weighted by molar-refractivity contribution is 5.56. The Kier molecular flexibility index (Phi) is 2.69. The first-order chi connectivity index (χ1) is 8.26. The van der Waals surface area contributed by atoms with Crippen molar-refractivity contribution in [3.63, 3.8) is 0 Å². The molecule has 0 aromatic carbocycles. The standard InChI is InChI=1S/C14H20N2O/c1-9-5-13(14(17-2)8-15-9)16-12-7-10-3-4-11(12)6-10/h5,8,10-12H,3-4,6-7H2,1-2H3,(H,15,16). The van der Waals surface area contributed by atoms with E-state index < -0.39 is 0 Å². The van der Waals surface area contributed by atoms with E-state index in [1.54, 1.807) is 7.11 Å². The minimum absolute atomic E-state index is 0.643. The summed E-state index contributed by atoms with van der Waals surface area (Å²) in [5.41, 5.74) is 2.15. The maximum absolute atomic E-state index is 5.37. The van der Waals surface area contributed by atoms with Gasteiger partial charge in [0.05, 0.1) is 19.0 Å². The third-order valence-corrected chi connectivity index (χ3v) is 4.30. The van der Waals surface area contributed by atoms with E-state index in [0.29, 0.717) is 6.04 Å². The predicted molar refractivity (Wildman–Crippen MR) is 68.4 cm³/mol. The average Bonchev–Trinajstić information content (AvgIpc) is 2.91. The lowest BCUT2D eigenvalue weighted by Crippen LogP contribution is -2.26. The number of ether oxygens (including phenoxy) is 1. The fraction of sp³-hybridized carbons (Fsp3) is 0.643. The number of aromatic nitrogens is 1. The van der Waals surface area contributed by atoms with Crippen molar-refractivity contribution >= 4 is 5.69 Å². The van der Waals surface area contributed by atoms with Gasteiger partial charge >= 0.3 is 0 Å². The Hall–Kier alpha value is -1.25. The fourth-order valence-corrected chi connectivity index (χ4v) is 3.44. The zero-order valence-corrected chi connectivity index (χ0v) is 10.6. The van der Waals surface area contributed by atoms with Gasteiger partial charge < -0.3 is 10.1 Å². The monoisotopic (exact) mass is 232 g/mol. The number of nitrogens with zero attached hydrogens (tertiary/aromatic N) is 1. The molecule has 3 rings (SSSR count). The van der Waals surface area contributed by atoms with Gasteiger partial charge in [0.25, 0.3) is 0 Å². The van der Waals surface area contributed by atoms with Gasteiger partial charge in [-0.25, -0.2) is 0 Å². The number of rotatable bonds is 3. The number of aryl methyl sites for hydroxylation is 1. The lowest BCUT2D eigenvalue weighted by atomic mass is 9.95. The van der Waals surface area contributed by atoms with Crippen LogP contribution < -0.4 is 10.1 Å². The van der Waals surface area contributed by atoms with Gasteiger partial charge in [0.1, 0.15) is 0 Å². The van der Waals surface area contributed by atoms with Crippen LogP contribution in [0.3, 0.4) is 0 Å². The van der Waals surface area contributed by atoms with E-state index in [-0.39, 0.29) is 0 Å². The summed E-state index contributed by atoms with van der Waals surface area (Å²) in [6.07, 6.45) is 7.40. The van der Waals surface area contributed by atoms with Crippen LogP contribution in [-0.2, 0) is 0 Å². The largest absolute Gasteiger partial charge is 0.493 e. The number of pyridine rings is 1. The van der Waals surface area contributed by atoms with E-state index in [1.165, 1.54) is 25.7 Å². The van der Waals surface area contributed by atoms with Crippen molar-refractivity contribution in [2.75, 3.05) is 12.4 Å². The summed E-state index contributed by atoms with van der Waals surface area (Å²) in [5.74, 6) is 2.70. The molecule has 2 bridgehead atoms. The topological polar surface area (TPSA) is 34.1 Å². The minimum Gasteiger partial charge on any atom is -0.493 e. The molecule has 92 valence electrons. The van der Waals surface area contributed by atoms with E-state index in [2.05, 4.69) is 16.4 Å². The highest BCUT2D eigenvalue weighted by Crippen LogP contribution is 2.46. The van der Waals surface area contributed by atoms with Gasteiger partial charge in [0.15, 0.2) is 5.75 Å². The van der Waals surface area contributed by atoms with Crippen LogP contribution in [0.15, 0.2) is 12.3 Å². The second-order valence-corrected chi connectivity index (χ2v) is 5.45. The molecule has 1 heterocycles. The van der Waals surface area contributed by atoms with Crippen molar-refractivity contribution in [2.45, 2.75) is 38.6 Å². The summed E-state index contributed by atoms with van der Waals surface area (Å²) in [4.78, 5) is 4.27. The quantitative estimate of drug-likeness (QED) is 0.870. The van der Waals surface area contributed by atoms with Gasteiger partial charge in [-0.2, -0.15) is 0 Å². The van der Waals surface area contributed by atoms with E-state index in [4.69, 9.17) is 4.74 Å². The molecule has 3 unspecified atom stereocenters. The maximum atomic E-state index is 5.37. The third kappa shape index (κ3) is 1.99. The molecule has 2 aliphatic carbocycles. The van der Waals surface area contributed by atoms with Crippen LogP contribution in [-0.4, -0.2) is 18.1 Å². The second-order valence-electron chi connectivity index (χ2n) is 5.45. The molecule has 1 N–H and O–H groups in total. The molecule has 0 aliphatic heterocycles. The van der Waals surface area contributed by atoms with Crippen molar-refractivity contribution in [2.24, 2.45) is 11.8 Å². The Balaban J connectivity index is 1.78. The SMILES string of the molecule is COc1cnc(C)cc1NC1CC2CCC1C2. The first kappa shape index (κ1) is 10.9. The van der Waals surface area contributed by atoms with E-state index in [0.717, 1.165) is 29.0 Å².